The topological polar surface area (TPSA) is 92.3 Å². The average molecular weight is 282 g/mol. The summed E-state index contributed by atoms with van der Waals surface area (Å²) in [5.41, 5.74) is 7.13. The fourth-order valence-corrected chi connectivity index (χ4v) is 1.73. The molecule has 0 aliphatic carbocycles. The number of aliphatic hydroxyl groups is 1. The second-order valence-electron chi connectivity index (χ2n) is 4.07. The summed E-state index contributed by atoms with van der Waals surface area (Å²) >= 11 is 4.26. The highest BCUT2D eigenvalue weighted by atomic mass is 32.1. The zero-order valence-corrected chi connectivity index (χ0v) is 11.9. The Morgan fingerprint density at radius 2 is 2.32 bits per heavy atom. The van der Waals surface area contributed by atoms with Crippen LogP contribution in [0.3, 0.4) is 0 Å². The fraction of sp³-hybridized carbons (Fsp3) is 0.417. The molecule has 0 aliphatic heterocycles. The first kappa shape index (κ1) is 15.5. The van der Waals surface area contributed by atoms with Crippen molar-refractivity contribution in [2.24, 2.45) is 0 Å². The Morgan fingerprint density at radius 3 is 2.84 bits per heavy atom. The Morgan fingerprint density at radius 1 is 1.63 bits per heavy atom. The maximum Gasteiger partial charge on any atom is 0.214 e. The van der Waals surface area contributed by atoms with Gasteiger partial charge in [-0.3, -0.25) is 4.79 Å². The predicted octanol–water partition coefficient (Wildman–Crippen LogP) is 0.869. The lowest BCUT2D eigenvalue weighted by atomic mass is 10.2. The number of anilines is 1. The van der Waals surface area contributed by atoms with Crippen molar-refractivity contribution in [3.05, 3.63) is 28.2 Å². The van der Waals surface area contributed by atoms with E-state index in [2.05, 4.69) is 22.6 Å². The lowest BCUT2D eigenvalue weighted by Gasteiger charge is -2.20. The number of carbonyl (C=O) groups excluding carboxylic acids is 1. The molecule has 0 aliphatic rings. The Hall–Kier alpha value is -1.60. The number of nitrogens with two attached hydrogens (primary N) is 1. The molecule has 3 N–H and O–H groups in total. The van der Waals surface area contributed by atoms with Crippen LogP contribution in [-0.2, 0) is 11.3 Å². The van der Waals surface area contributed by atoms with Crippen LogP contribution in [0.4, 0.5) is 5.82 Å². The molecule has 0 atom stereocenters. The highest BCUT2D eigenvalue weighted by molar-refractivity contribution is 7.84. The second-order valence-corrected chi connectivity index (χ2v) is 4.61. The van der Waals surface area contributed by atoms with E-state index in [-0.39, 0.29) is 13.2 Å². The minimum atomic E-state index is -0.0152. The van der Waals surface area contributed by atoms with Crippen LogP contribution in [0.5, 0.6) is 0 Å². The van der Waals surface area contributed by atoms with Gasteiger partial charge in [0.05, 0.1) is 6.54 Å². The Bertz CT molecular complexity index is 491. The lowest BCUT2D eigenvalue weighted by Crippen LogP contribution is -2.21. The Kier molecular flexibility index (Phi) is 5.78. The summed E-state index contributed by atoms with van der Waals surface area (Å²) in [6.45, 7) is 3.77. The largest absolute Gasteiger partial charge is 0.396 e. The van der Waals surface area contributed by atoms with Crippen LogP contribution >= 0.6 is 12.6 Å². The third-order valence-corrected chi connectivity index (χ3v) is 3.23. The van der Waals surface area contributed by atoms with Gasteiger partial charge in [-0.15, -0.1) is 12.6 Å². The molecule has 1 amide bonds. The Balaban J connectivity index is 2.93. The number of aromatic nitrogens is 2. The normalized spacial score (nSPS) is 12.0. The molecule has 0 saturated carbocycles. The van der Waals surface area contributed by atoms with Crippen molar-refractivity contribution in [2.45, 2.75) is 26.8 Å². The molecule has 6 nitrogen and oxygen atoms in total. The van der Waals surface area contributed by atoms with Gasteiger partial charge in [0.2, 0.25) is 6.41 Å². The van der Waals surface area contributed by atoms with Crippen LogP contribution in [0.15, 0.2) is 16.8 Å². The highest BCUT2D eigenvalue weighted by Crippen LogP contribution is 2.19. The van der Waals surface area contributed by atoms with Gasteiger partial charge < -0.3 is 15.7 Å². The number of rotatable bonds is 6. The van der Waals surface area contributed by atoms with Crippen LogP contribution in [0.2, 0.25) is 0 Å². The van der Waals surface area contributed by atoms with E-state index in [9.17, 15) is 4.79 Å². The van der Waals surface area contributed by atoms with Crippen LogP contribution in [0, 0.1) is 6.92 Å². The summed E-state index contributed by atoms with van der Waals surface area (Å²) in [7, 11) is 0. The van der Waals surface area contributed by atoms with Crippen molar-refractivity contribution in [2.75, 3.05) is 12.3 Å². The first-order valence-electron chi connectivity index (χ1n) is 5.79. The van der Waals surface area contributed by atoms with Gasteiger partial charge in [0.25, 0.3) is 0 Å². The molecular weight excluding hydrogens is 264 g/mol. The first-order valence-corrected chi connectivity index (χ1v) is 6.23. The van der Waals surface area contributed by atoms with Crippen LogP contribution < -0.4 is 5.73 Å². The van der Waals surface area contributed by atoms with E-state index >= 15 is 0 Å². The van der Waals surface area contributed by atoms with Crippen molar-refractivity contribution in [3.63, 3.8) is 0 Å². The SMILES string of the molecule is CC(=C(S)CCO)N(C=O)Cc1cnc(C)nc1N. The van der Waals surface area contributed by atoms with E-state index in [0.717, 1.165) is 0 Å². The summed E-state index contributed by atoms with van der Waals surface area (Å²) in [5, 5.41) is 8.87. The van der Waals surface area contributed by atoms with E-state index in [4.69, 9.17) is 10.8 Å². The molecule has 1 aromatic rings. The van der Waals surface area contributed by atoms with Gasteiger partial charge in [-0.1, -0.05) is 0 Å². The maximum atomic E-state index is 11.2. The number of nitrogens with zero attached hydrogens (tertiary/aromatic N) is 3. The number of hydrogen-bond donors (Lipinski definition) is 3. The van der Waals surface area contributed by atoms with Crippen LogP contribution in [-0.4, -0.2) is 33.0 Å². The number of nitrogen functional groups attached to an aromatic ring is 1. The summed E-state index contributed by atoms with van der Waals surface area (Å²) < 4.78 is 0. The number of hydrogen-bond acceptors (Lipinski definition) is 6. The molecule has 0 fully saturated rings. The van der Waals surface area contributed by atoms with E-state index < -0.39 is 0 Å². The minimum absolute atomic E-state index is 0.0152. The number of aryl methyl sites for hydroxylation is 1. The van der Waals surface area contributed by atoms with E-state index in [1.54, 1.807) is 20.0 Å². The third kappa shape index (κ3) is 4.22. The summed E-state index contributed by atoms with van der Waals surface area (Å²) in [4.78, 5) is 21.4. The third-order valence-electron chi connectivity index (χ3n) is 2.68. The van der Waals surface area contributed by atoms with Gasteiger partial charge in [0, 0.05) is 35.4 Å². The molecule has 0 radical (unpaired) electrons. The van der Waals surface area contributed by atoms with Gasteiger partial charge in [0.15, 0.2) is 0 Å². The zero-order valence-electron chi connectivity index (χ0n) is 11.0. The maximum absolute atomic E-state index is 11.2. The number of carbonyl (C=O) groups is 1. The molecule has 7 heteroatoms. The molecule has 1 heterocycles. The summed E-state index contributed by atoms with van der Waals surface area (Å²) in [6.07, 6.45) is 2.70. The summed E-state index contributed by atoms with van der Waals surface area (Å²) in [6, 6.07) is 0. The molecule has 0 saturated heterocycles. The molecule has 104 valence electrons. The molecule has 0 spiro atoms. The molecule has 0 unspecified atom stereocenters. The first-order chi connectivity index (χ1) is 8.99. The smallest absolute Gasteiger partial charge is 0.214 e. The van der Waals surface area contributed by atoms with Gasteiger partial charge in [-0.05, 0) is 13.8 Å². The number of allylic oxidation sites excluding steroid dienone is 1. The van der Waals surface area contributed by atoms with Crippen molar-refractivity contribution in [3.8, 4) is 0 Å². The van der Waals surface area contributed by atoms with Gasteiger partial charge in [-0.25, -0.2) is 9.97 Å². The molecular formula is C12H18N4O2S. The lowest BCUT2D eigenvalue weighted by molar-refractivity contribution is -0.116. The minimum Gasteiger partial charge on any atom is -0.396 e. The molecule has 1 rings (SSSR count). The van der Waals surface area contributed by atoms with Crippen molar-refractivity contribution < 1.29 is 9.90 Å². The Labute approximate surface area is 117 Å². The van der Waals surface area contributed by atoms with Gasteiger partial charge in [0.1, 0.15) is 11.6 Å². The van der Waals surface area contributed by atoms with E-state index in [0.29, 0.717) is 40.6 Å². The fourth-order valence-electron chi connectivity index (χ4n) is 1.51. The number of aliphatic hydroxyl groups excluding tert-OH is 1. The predicted molar refractivity (Wildman–Crippen MR) is 76.2 cm³/mol. The van der Waals surface area contributed by atoms with Crippen molar-refractivity contribution in [1.29, 1.82) is 0 Å². The van der Waals surface area contributed by atoms with E-state index in [1.807, 2.05) is 0 Å². The molecule has 1 aromatic heterocycles. The highest BCUT2D eigenvalue weighted by Gasteiger charge is 2.11. The van der Waals surface area contributed by atoms with Gasteiger partial charge >= 0.3 is 0 Å². The standard InChI is InChI=1S/C12H18N4O2S/c1-8(11(19)3-4-17)16(7-18)6-10-5-14-9(2)15-12(10)13/h5,7,17,19H,3-4,6H2,1-2H3,(H2,13,14,15). The molecule has 0 bridgehead atoms. The monoisotopic (exact) mass is 282 g/mol. The number of amides is 1. The van der Waals surface area contributed by atoms with Crippen molar-refractivity contribution in [1.82, 2.24) is 14.9 Å². The van der Waals surface area contributed by atoms with Gasteiger partial charge in [-0.2, -0.15) is 0 Å². The molecule has 19 heavy (non-hydrogen) atoms. The average Bonchev–Trinajstić information content (AvgIpc) is 2.37. The second kappa shape index (κ2) is 7.10. The van der Waals surface area contributed by atoms with Crippen LogP contribution in [0.25, 0.3) is 0 Å². The zero-order chi connectivity index (χ0) is 14.4. The summed E-state index contributed by atoms with van der Waals surface area (Å²) in [5.74, 6) is 0.941. The molecule has 0 aromatic carbocycles. The number of thiol groups is 1. The van der Waals surface area contributed by atoms with E-state index in [1.165, 1.54) is 4.90 Å². The van der Waals surface area contributed by atoms with Crippen LogP contribution in [0.1, 0.15) is 24.7 Å². The quantitative estimate of drug-likeness (QED) is 0.532. The van der Waals surface area contributed by atoms with Crippen molar-refractivity contribution >= 4 is 24.9 Å².